The third-order valence-electron chi connectivity index (χ3n) is 4.23. The molecule has 17 heavy (non-hydrogen) atoms. The maximum Gasteiger partial charge on any atom is 0.0140 e. The van der Waals surface area contributed by atoms with Gasteiger partial charge in [-0.2, -0.15) is 0 Å². The van der Waals surface area contributed by atoms with Gasteiger partial charge in [0.15, 0.2) is 0 Å². The largest absolute Gasteiger partial charge is 0.314 e. The Labute approximate surface area is 104 Å². The Morgan fingerprint density at radius 1 is 1.18 bits per heavy atom. The molecule has 0 radical (unpaired) electrons. The van der Waals surface area contributed by atoms with E-state index >= 15 is 0 Å². The second-order valence-electron chi connectivity index (χ2n) is 5.45. The summed E-state index contributed by atoms with van der Waals surface area (Å²) in [5.41, 5.74) is 4.59. The second-order valence-corrected chi connectivity index (χ2v) is 5.45. The minimum absolute atomic E-state index is 0.785. The molecular formula is C15H22N2. The smallest absolute Gasteiger partial charge is 0.0140 e. The highest BCUT2D eigenvalue weighted by atomic mass is 15.2. The highest BCUT2D eigenvalue weighted by molar-refractivity contribution is 5.34. The molecule has 1 N–H and O–H groups in total. The SMILES string of the molecule is Cc1ccc2c(c1)CCC(N1CCNCC1)C2. The number of aryl methyl sites for hydroxylation is 2. The lowest BCUT2D eigenvalue weighted by Gasteiger charge is -2.37. The maximum atomic E-state index is 3.44. The standard InChI is InChI=1S/C15H22N2/c1-12-2-3-14-11-15(5-4-13(14)10-12)17-8-6-16-7-9-17/h2-3,10,15-16H,4-9,11H2,1H3. The Bertz CT molecular complexity index is 394. The van der Waals surface area contributed by atoms with E-state index in [-0.39, 0.29) is 0 Å². The predicted molar refractivity (Wildman–Crippen MR) is 71.4 cm³/mol. The minimum atomic E-state index is 0.785. The van der Waals surface area contributed by atoms with Crippen LogP contribution in [0.25, 0.3) is 0 Å². The van der Waals surface area contributed by atoms with Crippen molar-refractivity contribution < 1.29 is 0 Å². The van der Waals surface area contributed by atoms with Crippen molar-refractivity contribution in [1.29, 1.82) is 0 Å². The van der Waals surface area contributed by atoms with E-state index in [1.807, 2.05) is 0 Å². The average molecular weight is 230 g/mol. The van der Waals surface area contributed by atoms with Crippen LogP contribution < -0.4 is 5.32 Å². The van der Waals surface area contributed by atoms with Crippen molar-refractivity contribution in [3.63, 3.8) is 0 Å². The van der Waals surface area contributed by atoms with E-state index in [1.165, 1.54) is 37.9 Å². The molecule has 0 aromatic heterocycles. The average Bonchev–Trinajstić information content (AvgIpc) is 2.39. The molecule has 1 aromatic carbocycles. The fourth-order valence-corrected chi connectivity index (χ4v) is 3.22. The zero-order valence-electron chi connectivity index (χ0n) is 10.7. The van der Waals surface area contributed by atoms with E-state index in [2.05, 4.69) is 35.3 Å². The molecule has 1 aliphatic heterocycles. The molecule has 1 saturated heterocycles. The van der Waals surface area contributed by atoms with Gasteiger partial charge >= 0.3 is 0 Å². The van der Waals surface area contributed by atoms with E-state index in [1.54, 1.807) is 11.1 Å². The molecule has 3 rings (SSSR count). The zero-order chi connectivity index (χ0) is 11.7. The van der Waals surface area contributed by atoms with Crippen LogP contribution in [0.4, 0.5) is 0 Å². The fourth-order valence-electron chi connectivity index (χ4n) is 3.22. The quantitative estimate of drug-likeness (QED) is 0.791. The first-order valence-electron chi connectivity index (χ1n) is 6.86. The van der Waals surface area contributed by atoms with Crippen LogP contribution in [0.5, 0.6) is 0 Å². The van der Waals surface area contributed by atoms with Crippen LogP contribution in [0, 0.1) is 6.92 Å². The molecule has 1 unspecified atom stereocenters. The van der Waals surface area contributed by atoms with Gasteiger partial charge in [0, 0.05) is 32.2 Å². The van der Waals surface area contributed by atoms with Crippen LogP contribution in [-0.4, -0.2) is 37.1 Å². The van der Waals surface area contributed by atoms with Gasteiger partial charge in [-0.15, -0.1) is 0 Å². The number of benzene rings is 1. The lowest BCUT2D eigenvalue weighted by atomic mass is 9.86. The number of hydrogen-bond donors (Lipinski definition) is 1. The minimum Gasteiger partial charge on any atom is -0.314 e. The molecule has 92 valence electrons. The highest BCUT2D eigenvalue weighted by Gasteiger charge is 2.24. The van der Waals surface area contributed by atoms with E-state index < -0.39 is 0 Å². The summed E-state index contributed by atoms with van der Waals surface area (Å²) >= 11 is 0. The molecule has 0 saturated carbocycles. The summed E-state index contributed by atoms with van der Waals surface area (Å²) in [6.07, 6.45) is 3.87. The topological polar surface area (TPSA) is 15.3 Å². The van der Waals surface area contributed by atoms with Crippen LogP contribution in [0.2, 0.25) is 0 Å². The highest BCUT2D eigenvalue weighted by Crippen LogP contribution is 2.25. The molecular weight excluding hydrogens is 208 g/mol. The number of nitrogens with one attached hydrogen (secondary N) is 1. The van der Waals surface area contributed by atoms with E-state index in [9.17, 15) is 0 Å². The maximum absolute atomic E-state index is 3.44. The molecule has 2 nitrogen and oxygen atoms in total. The molecule has 1 fully saturated rings. The van der Waals surface area contributed by atoms with Crippen LogP contribution in [-0.2, 0) is 12.8 Å². The summed E-state index contributed by atoms with van der Waals surface area (Å²) < 4.78 is 0. The van der Waals surface area contributed by atoms with Crippen molar-refractivity contribution in [2.45, 2.75) is 32.2 Å². The summed E-state index contributed by atoms with van der Waals surface area (Å²) in [7, 11) is 0. The van der Waals surface area contributed by atoms with Crippen molar-refractivity contribution >= 4 is 0 Å². The second kappa shape index (κ2) is 4.79. The van der Waals surface area contributed by atoms with Gasteiger partial charge in [-0.25, -0.2) is 0 Å². The van der Waals surface area contributed by atoms with Crippen molar-refractivity contribution in [1.82, 2.24) is 10.2 Å². The molecule has 1 heterocycles. The summed E-state index contributed by atoms with van der Waals surface area (Å²) in [6, 6.07) is 7.77. The molecule has 1 aromatic rings. The van der Waals surface area contributed by atoms with Crippen LogP contribution in [0.1, 0.15) is 23.1 Å². The van der Waals surface area contributed by atoms with Crippen molar-refractivity contribution in [2.24, 2.45) is 0 Å². The van der Waals surface area contributed by atoms with Crippen LogP contribution >= 0.6 is 0 Å². The van der Waals surface area contributed by atoms with Gasteiger partial charge < -0.3 is 5.32 Å². The first-order chi connectivity index (χ1) is 8.33. The molecule has 1 atom stereocenters. The molecule has 2 aliphatic rings. The third kappa shape index (κ3) is 2.38. The summed E-state index contributed by atoms with van der Waals surface area (Å²) in [6.45, 7) is 6.98. The van der Waals surface area contributed by atoms with Gasteiger partial charge in [-0.3, -0.25) is 4.90 Å². The fraction of sp³-hybridized carbons (Fsp3) is 0.600. The third-order valence-corrected chi connectivity index (χ3v) is 4.23. The van der Waals surface area contributed by atoms with Gasteiger partial charge in [-0.05, 0) is 37.3 Å². The van der Waals surface area contributed by atoms with Gasteiger partial charge in [0.2, 0.25) is 0 Å². The number of hydrogen-bond acceptors (Lipinski definition) is 2. The molecule has 1 aliphatic carbocycles. The predicted octanol–water partition coefficient (Wildman–Crippen LogP) is 1.76. The molecule has 0 amide bonds. The monoisotopic (exact) mass is 230 g/mol. The lowest BCUT2D eigenvalue weighted by molar-refractivity contribution is 0.159. The van der Waals surface area contributed by atoms with Crippen LogP contribution in [0.15, 0.2) is 18.2 Å². The van der Waals surface area contributed by atoms with E-state index in [0.29, 0.717) is 0 Å². The lowest BCUT2D eigenvalue weighted by Crippen LogP contribution is -2.50. The Morgan fingerprint density at radius 3 is 2.82 bits per heavy atom. The van der Waals surface area contributed by atoms with Gasteiger partial charge in [0.05, 0.1) is 0 Å². The zero-order valence-corrected chi connectivity index (χ0v) is 10.7. The normalized spacial score (nSPS) is 25.6. The molecule has 2 heteroatoms. The first kappa shape index (κ1) is 11.2. The summed E-state index contributed by atoms with van der Waals surface area (Å²) in [5, 5.41) is 3.44. The number of rotatable bonds is 1. The number of nitrogens with zero attached hydrogens (tertiary/aromatic N) is 1. The number of piperazine rings is 1. The van der Waals surface area contributed by atoms with E-state index in [0.717, 1.165) is 19.1 Å². The molecule has 0 bridgehead atoms. The molecule has 0 spiro atoms. The van der Waals surface area contributed by atoms with Gasteiger partial charge in [0.1, 0.15) is 0 Å². The number of fused-ring (bicyclic) bond motifs is 1. The first-order valence-corrected chi connectivity index (χ1v) is 6.86. The van der Waals surface area contributed by atoms with Crippen LogP contribution in [0.3, 0.4) is 0 Å². The van der Waals surface area contributed by atoms with Crippen molar-refractivity contribution in [3.05, 3.63) is 34.9 Å². The van der Waals surface area contributed by atoms with E-state index in [4.69, 9.17) is 0 Å². The summed E-state index contributed by atoms with van der Waals surface area (Å²) in [4.78, 5) is 2.68. The summed E-state index contributed by atoms with van der Waals surface area (Å²) in [5.74, 6) is 0. The Hall–Kier alpha value is -0.860. The van der Waals surface area contributed by atoms with Crippen molar-refractivity contribution in [3.8, 4) is 0 Å². The van der Waals surface area contributed by atoms with Gasteiger partial charge in [-0.1, -0.05) is 23.8 Å². The Balaban J connectivity index is 1.73. The van der Waals surface area contributed by atoms with Crippen molar-refractivity contribution in [2.75, 3.05) is 26.2 Å². The Morgan fingerprint density at radius 2 is 2.00 bits per heavy atom. The van der Waals surface area contributed by atoms with Gasteiger partial charge in [0.25, 0.3) is 0 Å². The Kier molecular flexibility index (Phi) is 3.17.